The van der Waals surface area contributed by atoms with Crippen molar-refractivity contribution in [2.75, 3.05) is 19.8 Å². The minimum atomic E-state index is -0.145. The first kappa shape index (κ1) is 14.5. The molecule has 0 spiro atoms. The number of rotatable bonds is 4. The Morgan fingerprint density at radius 3 is 2.86 bits per heavy atom. The van der Waals surface area contributed by atoms with Crippen LogP contribution in [0.5, 0.6) is 0 Å². The van der Waals surface area contributed by atoms with Crippen LogP contribution in [0.15, 0.2) is 37.1 Å². The summed E-state index contributed by atoms with van der Waals surface area (Å²) in [5, 5.41) is 0. The van der Waals surface area contributed by atoms with Crippen molar-refractivity contribution in [3.63, 3.8) is 0 Å². The molecule has 1 saturated heterocycles. The Morgan fingerprint density at radius 2 is 2.09 bits per heavy atom. The van der Waals surface area contributed by atoms with Crippen LogP contribution in [0.3, 0.4) is 0 Å². The molecule has 1 aliphatic rings. The fourth-order valence-corrected chi connectivity index (χ4v) is 2.47. The van der Waals surface area contributed by atoms with E-state index in [1.165, 1.54) is 0 Å². The molecule has 3 heterocycles. The molecule has 114 valence electrons. The number of amides is 1. The van der Waals surface area contributed by atoms with E-state index < -0.39 is 0 Å². The van der Waals surface area contributed by atoms with Crippen molar-refractivity contribution < 1.29 is 9.53 Å². The molecule has 0 N–H and O–H groups in total. The molecule has 0 aliphatic carbocycles. The molecule has 1 atom stereocenters. The molecule has 1 aliphatic heterocycles. The van der Waals surface area contributed by atoms with Gasteiger partial charge in [-0.15, -0.1) is 0 Å². The van der Waals surface area contributed by atoms with Crippen LogP contribution in [0.1, 0.15) is 22.7 Å². The van der Waals surface area contributed by atoms with Gasteiger partial charge in [0.25, 0.3) is 5.91 Å². The number of morpholine rings is 1. The van der Waals surface area contributed by atoms with Crippen molar-refractivity contribution in [1.29, 1.82) is 0 Å². The van der Waals surface area contributed by atoms with E-state index in [2.05, 4.69) is 19.9 Å². The van der Waals surface area contributed by atoms with Gasteiger partial charge < -0.3 is 9.64 Å². The Kier molecular flexibility index (Phi) is 4.65. The minimum absolute atomic E-state index is 0.00654. The monoisotopic (exact) mass is 299 g/mol. The molecule has 0 saturated carbocycles. The van der Waals surface area contributed by atoms with Crippen molar-refractivity contribution in [1.82, 2.24) is 24.8 Å². The normalized spacial score (nSPS) is 18.2. The van der Waals surface area contributed by atoms with Gasteiger partial charge in [0.2, 0.25) is 5.82 Å². The molecule has 7 nitrogen and oxygen atoms in total. The van der Waals surface area contributed by atoms with Crippen LogP contribution < -0.4 is 0 Å². The number of aryl methyl sites for hydroxylation is 1. The quantitative estimate of drug-likeness (QED) is 0.828. The molecular formula is C15H17N5O2. The Bertz CT molecular complexity index is 608. The Morgan fingerprint density at radius 1 is 1.23 bits per heavy atom. The number of aromatic nitrogens is 4. The highest BCUT2D eigenvalue weighted by molar-refractivity contribution is 5.90. The lowest BCUT2D eigenvalue weighted by atomic mass is 10.1. The maximum Gasteiger partial charge on any atom is 0.292 e. The van der Waals surface area contributed by atoms with Gasteiger partial charge in [-0.25, -0.2) is 9.97 Å². The predicted molar refractivity (Wildman–Crippen MR) is 78.0 cm³/mol. The topological polar surface area (TPSA) is 81.1 Å². The number of hydrogen-bond acceptors (Lipinski definition) is 6. The second-order valence-corrected chi connectivity index (χ2v) is 5.04. The van der Waals surface area contributed by atoms with Crippen molar-refractivity contribution in [3.05, 3.63) is 48.6 Å². The molecule has 2 aromatic heterocycles. The highest BCUT2D eigenvalue weighted by atomic mass is 16.5. The van der Waals surface area contributed by atoms with Crippen molar-refractivity contribution in [2.45, 2.75) is 18.9 Å². The number of carbonyl (C=O) groups excluding carboxylic acids is 1. The van der Waals surface area contributed by atoms with Crippen LogP contribution in [0.4, 0.5) is 0 Å². The minimum Gasteiger partial charge on any atom is -0.377 e. The smallest absolute Gasteiger partial charge is 0.292 e. The average molecular weight is 299 g/mol. The molecule has 7 heteroatoms. The first-order chi connectivity index (χ1) is 10.8. The summed E-state index contributed by atoms with van der Waals surface area (Å²) in [7, 11) is 0. The van der Waals surface area contributed by atoms with Gasteiger partial charge in [-0.1, -0.05) is 0 Å². The lowest BCUT2D eigenvalue weighted by Gasteiger charge is -2.35. The first-order valence-electron chi connectivity index (χ1n) is 7.25. The summed E-state index contributed by atoms with van der Waals surface area (Å²) in [5.41, 5.74) is 0.913. The van der Waals surface area contributed by atoms with Crippen LogP contribution in [0, 0.1) is 0 Å². The molecule has 0 aromatic carbocycles. The highest BCUT2D eigenvalue weighted by Gasteiger charge is 2.29. The number of carbonyl (C=O) groups is 1. The molecule has 0 bridgehead atoms. The molecule has 0 radical (unpaired) electrons. The van der Waals surface area contributed by atoms with Gasteiger partial charge in [-0.3, -0.25) is 14.8 Å². The highest BCUT2D eigenvalue weighted by Crippen LogP contribution is 2.15. The average Bonchev–Trinajstić information content (AvgIpc) is 2.61. The Labute approximate surface area is 128 Å². The maximum atomic E-state index is 12.5. The summed E-state index contributed by atoms with van der Waals surface area (Å²) in [5.74, 6) is 0.0851. The van der Waals surface area contributed by atoms with Crippen molar-refractivity contribution in [2.24, 2.45) is 0 Å². The molecule has 0 unspecified atom stereocenters. The fourth-order valence-electron chi connectivity index (χ4n) is 2.47. The van der Waals surface area contributed by atoms with Gasteiger partial charge in [0.15, 0.2) is 0 Å². The van der Waals surface area contributed by atoms with E-state index in [4.69, 9.17) is 4.74 Å². The largest absolute Gasteiger partial charge is 0.377 e. The molecular weight excluding hydrogens is 282 g/mol. The second kappa shape index (κ2) is 7.04. The summed E-state index contributed by atoms with van der Waals surface area (Å²) in [6, 6.07) is 1.70. The lowest BCUT2D eigenvalue weighted by molar-refractivity contribution is -0.00477. The van der Waals surface area contributed by atoms with Crippen LogP contribution in [0.2, 0.25) is 0 Å². The Balaban J connectivity index is 1.67. The van der Waals surface area contributed by atoms with Crippen LogP contribution in [-0.4, -0.2) is 56.5 Å². The van der Waals surface area contributed by atoms with E-state index in [9.17, 15) is 4.79 Å². The predicted octanol–water partition coefficient (Wildman–Crippen LogP) is 0.740. The van der Waals surface area contributed by atoms with E-state index in [0.717, 1.165) is 18.5 Å². The van der Waals surface area contributed by atoms with E-state index in [-0.39, 0.29) is 17.8 Å². The van der Waals surface area contributed by atoms with Gasteiger partial charge in [0, 0.05) is 37.5 Å². The van der Waals surface area contributed by atoms with Gasteiger partial charge in [-0.05, 0) is 18.9 Å². The Hall–Kier alpha value is -2.41. The zero-order chi connectivity index (χ0) is 15.2. The summed E-state index contributed by atoms with van der Waals surface area (Å²) in [6.07, 6.45) is 9.75. The molecule has 1 amide bonds. The summed E-state index contributed by atoms with van der Waals surface area (Å²) in [6.45, 7) is 1.63. The lowest BCUT2D eigenvalue weighted by Crippen LogP contribution is -2.49. The van der Waals surface area contributed by atoms with E-state index in [1.807, 2.05) is 0 Å². The summed E-state index contributed by atoms with van der Waals surface area (Å²) >= 11 is 0. The summed E-state index contributed by atoms with van der Waals surface area (Å²) in [4.78, 5) is 30.7. The standard InChI is InChI=1S/C15H17N5O2/c21-15(14-18-4-1-5-19-14)20-8-9-22-11-13(20)3-2-12-10-16-6-7-17-12/h1,4-7,10,13H,2-3,8-9,11H2/t13-/m1/s1. The van der Waals surface area contributed by atoms with Gasteiger partial charge in [0.1, 0.15) is 0 Å². The number of nitrogens with zero attached hydrogens (tertiary/aromatic N) is 5. The van der Waals surface area contributed by atoms with Crippen LogP contribution >= 0.6 is 0 Å². The van der Waals surface area contributed by atoms with E-state index >= 15 is 0 Å². The molecule has 22 heavy (non-hydrogen) atoms. The second-order valence-electron chi connectivity index (χ2n) is 5.04. The molecule has 3 rings (SSSR count). The van der Waals surface area contributed by atoms with Crippen LogP contribution in [0.25, 0.3) is 0 Å². The third-order valence-electron chi connectivity index (χ3n) is 3.60. The molecule has 2 aromatic rings. The third-order valence-corrected chi connectivity index (χ3v) is 3.60. The maximum absolute atomic E-state index is 12.5. The third kappa shape index (κ3) is 3.43. The van der Waals surface area contributed by atoms with Gasteiger partial charge in [-0.2, -0.15) is 0 Å². The zero-order valence-corrected chi connectivity index (χ0v) is 12.1. The SMILES string of the molecule is O=C(c1ncccn1)N1CCOC[C@H]1CCc1cnccn1. The van der Waals surface area contributed by atoms with Gasteiger partial charge >= 0.3 is 0 Å². The van der Waals surface area contributed by atoms with Crippen molar-refractivity contribution in [3.8, 4) is 0 Å². The zero-order valence-electron chi connectivity index (χ0n) is 12.1. The summed E-state index contributed by atoms with van der Waals surface area (Å²) < 4.78 is 5.52. The fraction of sp³-hybridized carbons (Fsp3) is 0.400. The van der Waals surface area contributed by atoms with E-state index in [0.29, 0.717) is 19.8 Å². The number of ether oxygens (including phenoxy) is 1. The van der Waals surface area contributed by atoms with Crippen molar-refractivity contribution >= 4 is 5.91 Å². The van der Waals surface area contributed by atoms with Crippen LogP contribution in [-0.2, 0) is 11.2 Å². The first-order valence-corrected chi connectivity index (χ1v) is 7.25. The number of hydrogen-bond donors (Lipinski definition) is 0. The van der Waals surface area contributed by atoms with Gasteiger partial charge in [0.05, 0.1) is 24.9 Å². The molecule has 1 fully saturated rings. The van der Waals surface area contributed by atoms with E-state index in [1.54, 1.807) is 42.0 Å².